The Kier molecular flexibility index (Phi) is 6.04. The van der Waals surface area contributed by atoms with Crippen molar-refractivity contribution >= 4 is 22.0 Å². The van der Waals surface area contributed by atoms with E-state index in [4.69, 9.17) is 4.74 Å². The lowest BCUT2D eigenvalue weighted by Crippen LogP contribution is -2.48. The summed E-state index contributed by atoms with van der Waals surface area (Å²) < 4.78 is 19.6. The fraction of sp³-hybridized carbons (Fsp3) is 0.316. The number of piperazine rings is 1. The van der Waals surface area contributed by atoms with E-state index in [1.54, 1.807) is 11.0 Å². The molecule has 132 valence electrons. The van der Waals surface area contributed by atoms with Crippen LogP contribution in [-0.2, 0) is 17.9 Å². The zero-order valence-corrected chi connectivity index (χ0v) is 15.4. The first kappa shape index (κ1) is 17.9. The third kappa shape index (κ3) is 5.28. The fourth-order valence-electron chi connectivity index (χ4n) is 2.86. The van der Waals surface area contributed by atoms with Crippen LogP contribution >= 0.6 is 15.9 Å². The Morgan fingerprint density at radius 3 is 2.44 bits per heavy atom. The van der Waals surface area contributed by atoms with E-state index in [9.17, 15) is 9.18 Å². The summed E-state index contributed by atoms with van der Waals surface area (Å²) in [6.07, 6.45) is -0.281. The van der Waals surface area contributed by atoms with E-state index >= 15 is 0 Å². The lowest BCUT2D eigenvalue weighted by Gasteiger charge is -2.34. The van der Waals surface area contributed by atoms with Gasteiger partial charge in [-0.05, 0) is 29.3 Å². The molecule has 4 nitrogen and oxygen atoms in total. The molecule has 3 rings (SSSR count). The average Bonchev–Trinajstić information content (AvgIpc) is 2.60. The van der Waals surface area contributed by atoms with E-state index in [1.165, 1.54) is 6.07 Å². The van der Waals surface area contributed by atoms with E-state index in [1.807, 2.05) is 36.4 Å². The Hall–Kier alpha value is -1.92. The van der Waals surface area contributed by atoms with Gasteiger partial charge in [0.2, 0.25) is 0 Å². The van der Waals surface area contributed by atoms with Crippen LogP contribution in [0.4, 0.5) is 9.18 Å². The second kappa shape index (κ2) is 8.45. The Bertz CT molecular complexity index is 698. The summed E-state index contributed by atoms with van der Waals surface area (Å²) in [5, 5.41) is 0. The van der Waals surface area contributed by atoms with Gasteiger partial charge in [0.05, 0.1) is 0 Å². The summed E-state index contributed by atoms with van der Waals surface area (Å²) in [6.45, 7) is 3.68. The molecule has 2 aromatic carbocycles. The minimum atomic E-state index is -0.281. The van der Waals surface area contributed by atoms with Crippen LogP contribution in [0.25, 0.3) is 0 Å². The lowest BCUT2D eigenvalue weighted by atomic mass is 10.2. The van der Waals surface area contributed by atoms with Crippen LogP contribution in [0.5, 0.6) is 0 Å². The molecule has 0 unspecified atom stereocenters. The minimum absolute atomic E-state index is 0.243. The molecule has 0 spiro atoms. The molecule has 6 heteroatoms. The molecule has 0 atom stereocenters. The fourth-order valence-corrected chi connectivity index (χ4v) is 3.37. The molecule has 0 aromatic heterocycles. The number of nitrogens with zero attached hydrogens (tertiary/aromatic N) is 2. The molecule has 0 aliphatic carbocycles. The first-order chi connectivity index (χ1) is 12.1. The molecular weight excluding hydrogens is 387 g/mol. The van der Waals surface area contributed by atoms with Gasteiger partial charge in [-0.2, -0.15) is 0 Å². The van der Waals surface area contributed by atoms with Crippen LogP contribution in [0, 0.1) is 5.82 Å². The van der Waals surface area contributed by atoms with Crippen molar-refractivity contribution < 1.29 is 13.9 Å². The second-order valence-electron chi connectivity index (χ2n) is 6.08. The maximum Gasteiger partial charge on any atom is 0.410 e. The van der Waals surface area contributed by atoms with Crippen LogP contribution < -0.4 is 0 Å². The molecule has 0 N–H and O–H groups in total. The van der Waals surface area contributed by atoms with Gasteiger partial charge in [-0.15, -0.1) is 0 Å². The van der Waals surface area contributed by atoms with Crippen LogP contribution in [0.1, 0.15) is 11.1 Å². The Labute approximate surface area is 155 Å². The molecule has 1 aliphatic heterocycles. The van der Waals surface area contributed by atoms with Gasteiger partial charge < -0.3 is 9.64 Å². The zero-order chi connectivity index (χ0) is 17.6. The number of ether oxygens (including phenoxy) is 1. The van der Waals surface area contributed by atoms with Crippen molar-refractivity contribution in [1.29, 1.82) is 0 Å². The number of rotatable bonds is 4. The Morgan fingerprint density at radius 1 is 1.04 bits per heavy atom. The molecule has 0 saturated carbocycles. The normalized spacial score (nSPS) is 15.2. The van der Waals surface area contributed by atoms with Crippen LogP contribution in [0.3, 0.4) is 0 Å². The molecule has 0 bridgehead atoms. The highest BCUT2D eigenvalue weighted by molar-refractivity contribution is 9.10. The van der Waals surface area contributed by atoms with Gasteiger partial charge in [-0.25, -0.2) is 9.18 Å². The first-order valence-corrected chi connectivity index (χ1v) is 9.02. The molecule has 1 aliphatic rings. The topological polar surface area (TPSA) is 32.8 Å². The summed E-state index contributed by atoms with van der Waals surface area (Å²) >= 11 is 3.31. The summed E-state index contributed by atoms with van der Waals surface area (Å²) in [5.41, 5.74) is 1.90. The van der Waals surface area contributed by atoms with Crippen molar-refractivity contribution in [3.63, 3.8) is 0 Å². The summed E-state index contributed by atoms with van der Waals surface area (Å²) in [6, 6.07) is 14.6. The monoisotopic (exact) mass is 406 g/mol. The van der Waals surface area contributed by atoms with Crippen molar-refractivity contribution in [2.45, 2.75) is 13.2 Å². The number of benzene rings is 2. The second-order valence-corrected chi connectivity index (χ2v) is 7.00. The number of hydrogen-bond acceptors (Lipinski definition) is 3. The average molecular weight is 407 g/mol. The van der Waals surface area contributed by atoms with Crippen molar-refractivity contribution in [2.24, 2.45) is 0 Å². The third-order valence-corrected chi connectivity index (χ3v) is 4.62. The zero-order valence-electron chi connectivity index (χ0n) is 13.8. The summed E-state index contributed by atoms with van der Waals surface area (Å²) in [5.74, 6) is -0.243. The summed E-state index contributed by atoms with van der Waals surface area (Å²) in [7, 11) is 0. The van der Waals surface area contributed by atoms with Gasteiger partial charge in [-0.1, -0.05) is 46.3 Å². The van der Waals surface area contributed by atoms with Crippen molar-refractivity contribution in [3.8, 4) is 0 Å². The molecule has 1 fully saturated rings. The van der Waals surface area contributed by atoms with Crippen LogP contribution in [0.15, 0.2) is 53.0 Å². The smallest absolute Gasteiger partial charge is 0.410 e. The predicted molar refractivity (Wildman–Crippen MR) is 97.6 cm³/mol. The molecular formula is C19H20BrFN2O2. The highest BCUT2D eigenvalue weighted by atomic mass is 79.9. The van der Waals surface area contributed by atoms with Crippen LogP contribution in [-0.4, -0.2) is 42.1 Å². The van der Waals surface area contributed by atoms with Crippen molar-refractivity contribution in [1.82, 2.24) is 9.80 Å². The third-order valence-electron chi connectivity index (χ3n) is 4.16. The number of carbonyl (C=O) groups is 1. The number of halogens is 2. The molecule has 2 aromatic rings. The van der Waals surface area contributed by atoms with E-state index in [0.717, 1.165) is 28.7 Å². The highest BCUT2D eigenvalue weighted by Gasteiger charge is 2.22. The number of amides is 1. The molecule has 25 heavy (non-hydrogen) atoms. The van der Waals surface area contributed by atoms with Gasteiger partial charge >= 0.3 is 6.09 Å². The first-order valence-electron chi connectivity index (χ1n) is 8.23. The molecule has 1 heterocycles. The lowest BCUT2D eigenvalue weighted by molar-refractivity contribution is 0.0700. The SMILES string of the molecule is O=C(OCc1ccccc1)N1CCN(Cc2cc(F)cc(Br)c2)CC1. The molecule has 0 radical (unpaired) electrons. The Balaban J connectivity index is 1.45. The maximum atomic E-state index is 13.5. The molecule has 1 saturated heterocycles. The van der Waals surface area contributed by atoms with Gasteiger partial charge in [0, 0.05) is 37.2 Å². The standard InChI is InChI=1S/C19H20BrFN2O2/c20-17-10-16(11-18(21)12-17)13-22-6-8-23(9-7-22)19(24)25-14-15-4-2-1-3-5-15/h1-5,10-12H,6-9,13-14H2. The van der Waals surface area contributed by atoms with E-state index in [2.05, 4.69) is 20.8 Å². The van der Waals surface area contributed by atoms with Crippen molar-refractivity contribution in [3.05, 3.63) is 69.9 Å². The van der Waals surface area contributed by atoms with E-state index in [0.29, 0.717) is 19.6 Å². The van der Waals surface area contributed by atoms with Gasteiger partial charge in [0.25, 0.3) is 0 Å². The summed E-state index contributed by atoms with van der Waals surface area (Å²) in [4.78, 5) is 16.1. The quantitative estimate of drug-likeness (QED) is 0.767. The van der Waals surface area contributed by atoms with Gasteiger partial charge in [0.1, 0.15) is 12.4 Å². The van der Waals surface area contributed by atoms with Crippen LogP contribution in [0.2, 0.25) is 0 Å². The minimum Gasteiger partial charge on any atom is -0.445 e. The van der Waals surface area contributed by atoms with Gasteiger partial charge in [0.15, 0.2) is 0 Å². The number of hydrogen-bond donors (Lipinski definition) is 0. The largest absolute Gasteiger partial charge is 0.445 e. The predicted octanol–water partition coefficient (Wildman–Crippen LogP) is 4.04. The Morgan fingerprint density at radius 2 is 1.76 bits per heavy atom. The number of carbonyl (C=O) groups excluding carboxylic acids is 1. The van der Waals surface area contributed by atoms with E-state index < -0.39 is 0 Å². The highest BCUT2D eigenvalue weighted by Crippen LogP contribution is 2.17. The van der Waals surface area contributed by atoms with Gasteiger partial charge in [-0.3, -0.25) is 4.90 Å². The maximum absolute atomic E-state index is 13.5. The molecule has 1 amide bonds. The van der Waals surface area contributed by atoms with E-state index in [-0.39, 0.29) is 18.5 Å². The van der Waals surface area contributed by atoms with Crippen molar-refractivity contribution in [2.75, 3.05) is 26.2 Å².